The van der Waals surface area contributed by atoms with Gasteiger partial charge in [-0.3, -0.25) is 4.79 Å². The van der Waals surface area contributed by atoms with E-state index in [1.165, 1.54) is 12.1 Å². The highest BCUT2D eigenvalue weighted by molar-refractivity contribution is 7.89. The number of rotatable bonds is 4. The summed E-state index contributed by atoms with van der Waals surface area (Å²) < 4.78 is 27.4. The number of nitrogens with one attached hydrogen (secondary N) is 1. The van der Waals surface area contributed by atoms with E-state index in [1.54, 1.807) is 12.1 Å². The molecule has 1 aromatic rings. The highest BCUT2D eigenvalue weighted by Crippen LogP contribution is 2.27. The van der Waals surface area contributed by atoms with Crippen LogP contribution in [0.5, 0.6) is 0 Å². The van der Waals surface area contributed by atoms with Gasteiger partial charge in [-0.15, -0.1) is 0 Å². The lowest BCUT2D eigenvalue weighted by atomic mass is 9.96. The summed E-state index contributed by atoms with van der Waals surface area (Å²) in [6.07, 6.45) is 3.57. The molecule has 1 saturated carbocycles. The molecule has 1 aliphatic rings. The Morgan fingerprint density at radius 1 is 1.19 bits per heavy atom. The summed E-state index contributed by atoms with van der Waals surface area (Å²) in [6, 6.07) is 5.55. The molecule has 116 valence electrons. The standard InChI is InChI=1S/C14H18ClNO4S/c15-11-7-4-5-9-13(11)21(19,20)16-12-8-3-1-2-6-10(12)14(17)18/h4-5,7,9-10,12,16H,1-3,6,8H2,(H,17,18). The molecule has 0 saturated heterocycles. The maximum absolute atomic E-state index is 12.4. The maximum Gasteiger partial charge on any atom is 0.308 e. The second-order valence-electron chi connectivity index (χ2n) is 5.24. The normalized spacial score (nSPS) is 23.5. The summed E-state index contributed by atoms with van der Waals surface area (Å²) in [7, 11) is -3.82. The van der Waals surface area contributed by atoms with Gasteiger partial charge >= 0.3 is 5.97 Å². The third-order valence-corrected chi connectivity index (χ3v) is 5.76. The Kier molecular flexibility index (Phi) is 5.24. The van der Waals surface area contributed by atoms with Gasteiger partial charge in [0.2, 0.25) is 10.0 Å². The van der Waals surface area contributed by atoms with E-state index in [2.05, 4.69) is 4.72 Å². The molecule has 0 amide bonds. The minimum absolute atomic E-state index is 0.0138. The predicted octanol–water partition coefficient (Wildman–Crippen LogP) is 2.65. The Morgan fingerprint density at radius 2 is 1.86 bits per heavy atom. The van der Waals surface area contributed by atoms with Crippen LogP contribution in [0.3, 0.4) is 0 Å². The zero-order valence-corrected chi connectivity index (χ0v) is 13.0. The average molecular weight is 332 g/mol. The number of aliphatic carboxylic acids is 1. The first-order chi connectivity index (χ1) is 9.92. The molecule has 0 bridgehead atoms. The van der Waals surface area contributed by atoms with Crippen molar-refractivity contribution in [3.05, 3.63) is 29.3 Å². The second kappa shape index (κ2) is 6.77. The SMILES string of the molecule is O=C(O)C1CCCCCC1NS(=O)(=O)c1ccccc1Cl. The highest BCUT2D eigenvalue weighted by Gasteiger charge is 2.33. The van der Waals surface area contributed by atoms with Crippen LogP contribution in [-0.2, 0) is 14.8 Å². The number of benzene rings is 1. The van der Waals surface area contributed by atoms with Gasteiger partial charge in [0.15, 0.2) is 0 Å². The second-order valence-corrected chi connectivity index (χ2v) is 7.33. The van der Waals surface area contributed by atoms with Crippen LogP contribution in [0.1, 0.15) is 32.1 Å². The lowest BCUT2D eigenvalue weighted by molar-refractivity contribution is -0.142. The Labute approximate surface area is 129 Å². The van der Waals surface area contributed by atoms with Crippen LogP contribution < -0.4 is 4.72 Å². The molecule has 1 aromatic carbocycles. The van der Waals surface area contributed by atoms with Crippen LogP contribution in [0.25, 0.3) is 0 Å². The van der Waals surface area contributed by atoms with Crippen molar-refractivity contribution in [3.63, 3.8) is 0 Å². The molecule has 0 aromatic heterocycles. The largest absolute Gasteiger partial charge is 0.481 e. The Hall–Kier alpha value is -1.11. The van der Waals surface area contributed by atoms with Gasteiger partial charge in [-0.2, -0.15) is 0 Å². The van der Waals surface area contributed by atoms with Crippen molar-refractivity contribution in [1.29, 1.82) is 0 Å². The lowest BCUT2D eigenvalue weighted by Crippen LogP contribution is -2.42. The molecule has 2 atom stereocenters. The summed E-state index contributed by atoms with van der Waals surface area (Å²) in [6.45, 7) is 0. The van der Waals surface area contributed by atoms with Crippen LogP contribution in [0, 0.1) is 5.92 Å². The van der Waals surface area contributed by atoms with Gasteiger partial charge in [-0.25, -0.2) is 13.1 Å². The van der Waals surface area contributed by atoms with Crippen molar-refractivity contribution >= 4 is 27.6 Å². The first-order valence-corrected chi connectivity index (χ1v) is 8.77. The summed E-state index contributed by atoms with van der Waals surface area (Å²) >= 11 is 5.92. The molecule has 0 spiro atoms. The number of carboxylic acid groups (broad SMARTS) is 1. The van der Waals surface area contributed by atoms with Gasteiger partial charge in [-0.05, 0) is 25.0 Å². The predicted molar refractivity (Wildman–Crippen MR) is 79.8 cm³/mol. The third-order valence-electron chi connectivity index (χ3n) is 3.77. The topological polar surface area (TPSA) is 83.5 Å². The summed E-state index contributed by atoms with van der Waals surface area (Å²) in [5, 5.41) is 9.42. The first-order valence-electron chi connectivity index (χ1n) is 6.91. The van der Waals surface area contributed by atoms with E-state index in [-0.39, 0.29) is 9.92 Å². The summed E-state index contributed by atoms with van der Waals surface area (Å²) in [4.78, 5) is 11.3. The quantitative estimate of drug-likeness (QED) is 0.831. The van der Waals surface area contributed by atoms with Crippen LogP contribution in [-0.4, -0.2) is 25.5 Å². The van der Waals surface area contributed by atoms with Crippen molar-refractivity contribution in [2.24, 2.45) is 5.92 Å². The van der Waals surface area contributed by atoms with E-state index in [4.69, 9.17) is 11.6 Å². The van der Waals surface area contributed by atoms with E-state index >= 15 is 0 Å². The van der Waals surface area contributed by atoms with Crippen molar-refractivity contribution in [2.75, 3.05) is 0 Å². The molecule has 2 unspecified atom stereocenters. The Balaban J connectivity index is 2.25. The van der Waals surface area contributed by atoms with E-state index in [1.807, 2.05) is 0 Å². The number of hydrogen-bond acceptors (Lipinski definition) is 3. The summed E-state index contributed by atoms with van der Waals surface area (Å²) in [5.41, 5.74) is 0. The third kappa shape index (κ3) is 3.96. The fourth-order valence-electron chi connectivity index (χ4n) is 2.67. The van der Waals surface area contributed by atoms with Gasteiger partial charge in [0.05, 0.1) is 10.9 Å². The smallest absolute Gasteiger partial charge is 0.308 e. The Morgan fingerprint density at radius 3 is 2.52 bits per heavy atom. The zero-order valence-electron chi connectivity index (χ0n) is 11.5. The van der Waals surface area contributed by atoms with Crippen LogP contribution in [0.15, 0.2) is 29.2 Å². The van der Waals surface area contributed by atoms with Gasteiger partial charge in [-0.1, -0.05) is 43.0 Å². The molecule has 0 aliphatic heterocycles. The molecule has 1 fully saturated rings. The summed E-state index contributed by atoms with van der Waals surface area (Å²) in [5.74, 6) is -1.64. The van der Waals surface area contributed by atoms with E-state index < -0.39 is 28.0 Å². The van der Waals surface area contributed by atoms with Crippen LogP contribution in [0.4, 0.5) is 0 Å². The van der Waals surface area contributed by atoms with E-state index in [9.17, 15) is 18.3 Å². The average Bonchev–Trinajstić information content (AvgIpc) is 2.64. The van der Waals surface area contributed by atoms with Crippen LogP contribution in [0.2, 0.25) is 5.02 Å². The van der Waals surface area contributed by atoms with Gasteiger partial charge in [0, 0.05) is 6.04 Å². The molecular weight excluding hydrogens is 314 g/mol. The minimum atomic E-state index is -3.82. The molecule has 0 radical (unpaired) electrons. The number of carbonyl (C=O) groups is 1. The molecule has 5 nitrogen and oxygen atoms in total. The minimum Gasteiger partial charge on any atom is -0.481 e. The van der Waals surface area contributed by atoms with Crippen molar-refractivity contribution in [1.82, 2.24) is 4.72 Å². The van der Waals surface area contributed by atoms with E-state index in [0.717, 1.165) is 19.3 Å². The fraction of sp³-hybridized carbons (Fsp3) is 0.500. The van der Waals surface area contributed by atoms with Crippen molar-refractivity contribution < 1.29 is 18.3 Å². The van der Waals surface area contributed by atoms with Crippen LogP contribution >= 0.6 is 11.6 Å². The lowest BCUT2D eigenvalue weighted by Gasteiger charge is -2.23. The van der Waals surface area contributed by atoms with E-state index in [0.29, 0.717) is 12.8 Å². The fourth-order valence-corrected chi connectivity index (χ4v) is 4.50. The number of sulfonamides is 1. The molecular formula is C14H18ClNO4S. The number of halogens is 1. The number of hydrogen-bond donors (Lipinski definition) is 2. The Bertz CT molecular complexity index is 617. The monoisotopic (exact) mass is 331 g/mol. The molecule has 1 aliphatic carbocycles. The van der Waals surface area contributed by atoms with Gasteiger partial charge in [0.25, 0.3) is 0 Å². The van der Waals surface area contributed by atoms with Gasteiger partial charge < -0.3 is 5.11 Å². The van der Waals surface area contributed by atoms with Gasteiger partial charge in [0.1, 0.15) is 4.90 Å². The molecule has 7 heteroatoms. The first kappa shape index (κ1) is 16.3. The van der Waals surface area contributed by atoms with Crippen molar-refractivity contribution in [3.8, 4) is 0 Å². The molecule has 0 heterocycles. The molecule has 21 heavy (non-hydrogen) atoms. The highest BCUT2D eigenvalue weighted by atomic mass is 35.5. The number of carboxylic acids is 1. The zero-order chi connectivity index (χ0) is 15.5. The molecule has 2 N–H and O–H groups in total. The molecule has 2 rings (SSSR count). The van der Waals surface area contributed by atoms with Crippen molar-refractivity contribution in [2.45, 2.75) is 43.0 Å². The maximum atomic E-state index is 12.4.